The van der Waals surface area contributed by atoms with Crippen molar-refractivity contribution in [3.05, 3.63) is 47.0 Å². The molecule has 0 aliphatic carbocycles. The van der Waals surface area contributed by atoms with Crippen LogP contribution in [0.5, 0.6) is 0 Å². The first kappa shape index (κ1) is 17.5. The van der Waals surface area contributed by atoms with E-state index < -0.39 is 11.7 Å². The van der Waals surface area contributed by atoms with Gasteiger partial charge in [-0.1, -0.05) is 24.3 Å². The largest absolute Gasteiger partial charge is 0.454 e. The van der Waals surface area contributed by atoms with Crippen molar-refractivity contribution >= 4 is 23.0 Å². The number of carbonyl (C=O) groups excluding carboxylic acids is 2. The SMILES string of the molecule is C=C(C)CN(CC)C(=O)COC(=O)Cn1c(=O)oc2ccccc21. The second kappa shape index (κ2) is 7.63. The number of para-hydroxylation sites is 2. The second-order valence-electron chi connectivity index (χ2n) is 5.45. The van der Waals surface area contributed by atoms with Crippen LogP contribution >= 0.6 is 0 Å². The normalized spacial score (nSPS) is 10.6. The summed E-state index contributed by atoms with van der Waals surface area (Å²) in [6, 6.07) is 6.77. The highest BCUT2D eigenvalue weighted by Gasteiger charge is 2.17. The van der Waals surface area contributed by atoms with Crippen molar-refractivity contribution in [1.29, 1.82) is 0 Å². The lowest BCUT2D eigenvalue weighted by atomic mass is 10.3. The molecule has 7 heteroatoms. The summed E-state index contributed by atoms with van der Waals surface area (Å²) >= 11 is 0. The minimum absolute atomic E-state index is 0.307. The molecule has 0 radical (unpaired) electrons. The van der Waals surface area contributed by atoms with Crippen LogP contribution in [0.3, 0.4) is 0 Å². The predicted molar refractivity (Wildman–Crippen MR) is 88.5 cm³/mol. The number of carbonyl (C=O) groups is 2. The third-order valence-corrected chi connectivity index (χ3v) is 3.41. The molecule has 7 nitrogen and oxygen atoms in total. The van der Waals surface area contributed by atoms with Crippen molar-refractivity contribution in [3.8, 4) is 0 Å². The Kier molecular flexibility index (Phi) is 5.57. The molecule has 0 N–H and O–H groups in total. The van der Waals surface area contributed by atoms with Crippen molar-refractivity contribution in [1.82, 2.24) is 9.47 Å². The maximum absolute atomic E-state index is 12.0. The molecule has 0 bridgehead atoms. The number of likely N-dealkylation sites (N-methyl/N-ethyl adjacent to an activating group) is 1. The van der Waals surface area contributed by atoms with Gasteiger partial charge >= 0.3 is 11.7 Å². The van der Waals surface area contributed by atoms with Crippen molar-refractivity contribution < 1.29 is 18.7 Å². The number of nitrogens with zero attached hydrogens (tertiary/aromatic N) is 2. The number of fused-ring (bicyclic) bond motifs is 1. The zero-order valence-corrected chi connectivity index (χ0v) is 13.8. The van der Waals surface area contributed by atoms with Crippen molar-refractivity contribution in [3.63, 3.8) is 0 Å². The van der Waals surface area contributed by atoms with Crippen molar-refractivity contribution in [2.75, 3.05) is 19.7 Å². The molecule has 1 aromatic carbocycles. The molecular weight excluding hydrogens is 312 g/mol. The summed E-state index contributed by atoms with van der Waals surface area (Å²) in [6.45, 7) is 7.64. The topological polar surface area (TPSA) is 81.8 Å². The molecule has 0 aliphatic heterocycles. The fourth-order valence-corrected chi connectivity index (χ4v) is 2.27. The maximum atomic E-state index is 12.0. The highest BCUT2D eigenvalue weighted by atomic mass is 16.5. The minimum atomic E-state index is -0.677. The van der Waals surface area contributed by atoms with E-state index in [1.54, 1.807) is 24.3 Å². The first-order valence-electron chi connectivity index (χ1n) is 7.58. The van der Waals surface area contributed by atoms with Gasteiger partial charge in [0.2, 0.25) is 0 Å². The fourth-order valence-electron chi connectivity index (χ4n) is 2.27. The predicted octanol–water partition coefficient (Wildman–Crippen LogP) is 1.56. The molecule has 24 heavy (non-hydrogen) atoms. The molecule has 1 heterocycles. The average Bonchev–Trinajstić information content (AvgIpc) is 2.86. The van der Waals surface area contributed by atoms with Gasteiger partial charge in [-0.25, -0.2) is 4.79 Å². The summed E-state index contributed by atoms with van der Waals surface area (Å²) in [7, 11) is 0. The van der Waals surface area contributed by atoms with Gasteiger partial charge in [0.15, 0.2) is 12.2 Å². The van der Waals surface area contributed by atoms with Crippen LogP contribution < -0.4 is 5.76 Å². The molecule has 0 saturated heterocycles. The summed E-state index contributed by atoms with van der Waals surface area (Å²) in [5.41, 5.74) is 1.74. The maximum Gasteiger partial charge on any atom is 0.420 e. The molecule has 128 valence electrons. The van der Waals surface area contributed by atoms with Crippen LogP contribution in [-0.4, -0.2) is 41.0 Å². The van der Waals surface area contributed by atoms with E-state index in [1.807, 2.05) is 13.8 Å². The van der Waals surface area contributed by atoms with Crippen LogP contribution in [0.2, 0.25) is 0 Å². The van der Waals surface area contributed by atoms with E-state index in [2.05, 4.69) is 6.58 Å². The highest BCUT2D eigenvalue weighted by Crippen LogP contribution is 2.11. The van der Waals surface area contributed by atoms with Crippen molar-refractivity contribution in [2.45, 2.75) is 20.4 Å². The van der Waals surface area contributed by atoms with Gasteiger partial charge in [-0.05, 0) is 26.0 Å². The van der Waals surface area contributed by atoms with E-state index in [1.165, 1.54) is 9.47 Å². The van der Waals surface area contributed by atoms with Crippen LogP contribution in [0.4, 0.5) is 0 Å². The smallest absolute Gasteiger partial charge is 0.420 e. The Morgan fingerprint density at radius 1 is 1.33 bits per heavy atom. The van der Waals surface area contributed by atoms with Gasteiger partial charge in [-0.15, -0.1) is 0 Å². The van der Waals surface area contributed by atoms with E-state index in [-0.39, 0.29) is 19.1 Å². The number of aromatic nitrogens is 1. The highest BCUT2D eigenvalue weighted by molar-refractivity contribution is 5.81. The molecular formula is C17H20N2O5. The number of hydrogen-bond donors (Lipinski definition) is 0. The average molecular weight is 332 g/mol. The molecule has 1 aromatic heterocycles. The van der Waals surface area contributed by atoms with Crippen LogP contribution in [0.15, 0.2) is 45.6 Å². The lowest BCUT2D eigenvalue weighted by Gasteiger charge is -2.20. The third-order valence-electron chi connectivity index (χ3n) is 3.41. The number of ether oxygens (including phenoxy) is 1. The third kappa shape index (κ3) is 4.13. The summed E-state index contributed by atoms with van der Waals surface area (Å²) in [4.78, 5) is 37.3. The zero-order chi connectivity index (χ0) is 17.7. The molecule has 2 rings (SSSR count). The van der Waals surface area contributed by atoms with Crippen LogP contribution in [0.25, 0.3) is 11.1 Å². The van der Waals surface area contributed by atoms with Gasteiger partial charge < -0.3 is 14.1 Å². The van der Waals surface area contributed by atoms with Gasteiger partial charge in [0, 0.05) is 13.1 Å². The van der Waals surface area contributed by atoms with Crippen LogP contribution in [0, 0.1) is 0 Å². The number of esters is 1. The molecule has 0 fully saturated rings. The molecule has 0 unspecified atom stereocenters. The Bertz CT molecular complexity index is 818. The van der Waals surface area contributed by atoms with E-state index in [0.717, 1.165) is 5.57 Å². The van der Waals surface area contributed by atoms with Crippen LogP contribution in [0.1, 0.15) is 13.8 Å². The molecule has 2 aromatic rings. The summed E-state index contributed by atoms with van der Waals surface area (Å²) < 4.78 is 11.2. The van der Waals surface area contributed by atoms with Gasteiger partial charge in [-0.2, -0.15) is 0 Å². The molecule has 0 atom stereocenters. The first-order chi connectivity index (χ1) is 11.4. The fraction of sp³-hybridized carbons (Fsp3) is 0.353. The standard InChI is InChI=1S/C17H20N2O5/c1-4-18(9-12(2)3)15(20)11-23-16(21)10-19-13-7-5-6-8-14(13)24-17(19)22/h5-8H,2,4,9-11H2,1,3H3. The second-order valence-corrected chi connectivity index (χ2v) is 5.45. The van der Waals surface area contributed by atoms with Crippen molar-refractivity contribution in [2.24, 2.45) is 0 Å². The van der Waals surface area contributed by atoms with Gasteiger partial charge in [0.25, 0.3) is 5.91 Å². The quantitative estimate of drug-likeness (QED) is 0.568. The lowest BCUT2D eigenvalue weighted by molar-refractivity contribution is -0.152. The molecule has 1 amide bonds. The molecule has 0 saturated carbocycles. The number of amides is 1. The Labute approximate surface area is 139 Å². The number of rotatable bonds is 7. The van der Waals surface area contributed by atoms with E-state index >= 15 is 0 Å². The number of hydrogen-bond acceptors (Lipinski definition) is 5. The summed E-state index contributed by atoms with van der Waals surface area (Å²) in [5.74, 6) is -1.63. The first-order valence-corrected chi connectivity index (χ1v) is 7.58. The number of benzene rings is 1. The molecule has 0 aliphatic rings. The number of oxazole rings is 1. The Morgan fingerprint density at radius 3 is 2.71 bits per heavy atom. The van der Waals surface area contributed by atoms with E-state index in [9.17, 15) is 14.4 Å². The Hall–Kier alpha value is -2.83. The van der Waals surface area contributed by atoms with E-state index in [0.29, 0.717) is 24.2 Å². The van der Waals surface area contributed by atoms with Crippen LogP contribution in [-0.2, 0) is 20.9 Å². The minimum Gasteiger partial charge on any atom is -0.454 e. The van der Waals surface area contributed by atoms with Gasteiger partial charge in [-0.3, -0.25) is 14.2 Å². The Morgan fingerprint density at radius 2 is 2.04 bits per heavy atom. The summed E-state index contributed by atoms with van der Waals surface area (Å²) in [5, 5.41) is 0. The van der Waals surface area contributed by atoms with Gasteiger partial charge in [0.1, 0.15) is 6.54 Å². The monoisotopic (exact) mass is 332 g/mol. The Balaban J connectivity index is 1.98. The van der Waals surface area contributed by atoms with Gasteiger partial charge in [0.05, 0.1) is 5.52 Å². The molecule has 0 spiro atoms. The summed E-state index contributed by atoms with van der Waals surface area (Å²) in [6.07, 6.45) is 0. The lowest BCUT2D eigenvalue weighted by Crippen LogP contribution is -2.36. The van der Waals surface area contributed by atoms with E-state index in [4.69, 9.17) is 9.15 Å². The zero-order valence-electron chi connectivity index (χ0n) is 13.8.